The van der Waals surface area contributed by atoms with Crippen molar-refractivity contribution in [1.82, 2.24) is 5.32 Å². The molecule has 5 nitrogen and oxygen atoms in total. The van der Waals surface area contributed by atoms with Crippen molar-refractivity contribution in [1.29, 1.82) is 0 Å². The maximum Gasteiger partial charge on any atom is 0.323 e. The van der Waals surface area contributed by atoms with Gasteiger partial charge in [0, 0.05) is 13.7 Å². The lowest BCUT2D eigenvalue weighted by molar-refractivity contribution is -0.144. The summed E-state index contributed by atoms with van der Waals surface area (Å²) in [7, 11) is 2.87. The monoisotopic (exact) mass is 219 g/mol. The summed E-state index contributed by atoms with van der Waals surface area (Å²) in [5.74, 6) is -0.193. The molecule has 15 heavy (non-hydrogen) atoms. The van der Waals surface area contributed by atoms with E-state index in [4.69, 9.17) is 4.74 Å². The summed E-state index contributed by atoms with van der Waals surface area (Å²) in [5.41, 5.74) is 0. The number of carbonyl (C=O) groups is 1. The number of hydrogen-bond donors (Lipinski definition) is 2. The second kappa shape index (κ2) is 7.62. The van der Waals surface area contributed by atoms with Crippen LogP contribution in [0.15, 0.2) is 0 Å². The first-order valence-electron chi connectivity index (χ1n) is 5.01. The van der Waals surface area contributed by atoms with Gasteiger partial charge in [0.25, 0.3) is 0 Å². The summed E-state index contributed by atoms with van der Waals surface area (Å²) in [4.78, 5) is 11.3. The van der Waals surface area contributed by atoms with Gasteiger partial charge in [-0.15, -0.1) is 0 Å². The van der Waals surface area contributed by atoms with Gasteiger partial charge in [0.2, 0.25) is 0 Å². The lowest BCUT2D eigenvalue weighted by Crippen LogP contribution is -2.45. The van der Waals surface area contributed by atoms with E-state index in [1.165, 1.54) is 14.2 Å². The van der Waals surface area contributed by atoms with Crippen molar-refractivity contribution < 1.29 is 19.4 Å². The quantitative estimate of drug-likeness (QED) is 0.579. The molecule has 5 heteroatoms. The van der Waals surface area contributed by atoms with Gasteiger partial charge in [-0.1, -0.05) is 13.8 Å². The van der Waals surface area contributed by atoms with Gasteiger partial charge in [0.05, 0.1) is 19.8 Å². The smallest absolute Gasteiger partial charge is 0.323 e. The highest BCUT2D eigenvalue weighted by Gasteiger charge is 2.22. The fourth-order valence-electron chi connectivity index (χ4n) is 1.23. The Balaban J connectivity index is 4.02. The van der Waals surface area contributed by atoms with E-state index in [1.54, 1.807) is 0 Å². The standard InChI is InChI=1S/C10H21NO4/c1-7(2)9(10(13)15-4)11-5-8(12)6-14-3/h7-9,11-12H,5-6H2,1-4H3. The van der Waals surface area contributed by atoms with Gasteiger partial charge < -0.3 is 19.9 Å². The fraction of sp³-hybridized carbons (Fsp3) is 0.900. The second-order valence-electron chi connectivity index (χ2n) is 3.76. The molecule has 0 saturated carbocycles. The van der Waals surface area contributed by atoms with Crippen LogP contribution < -0.4 is 5.32 Å². The molecule has 0 aromatic heterocycles. The first-order chi connectivity index (χ1) is 7.02. The minimum absolute atomic E-state index is 0.118. The summed E-state index contributed by atoms with van der Waals surface area (Å²) < 4.78 is 9.43. The topological polar surface area (TPSA) is 67.8 Å². The molecule has 0 amide bonds. The van der Waals surface area contributed by atoms with E-state index in [-0.39, 0.29) is 24.5 Å². The van der Waals surface area contributed by atoms with E-state index in [1.807, 2.05) is 13.8 Å². The Hall–Kier alpha value is -0.650. The molecule has 0 saturated heterocycles. The fourth-order valence-corrected chi connectivity index (χ4v) is 1.23. The van der Waals surface area contributed by atoms with Crippen molar-refractivity contribution in [2.24, 2.45) is 5.92 Å². The van der Waals surface area contributed by atoms with Crippen molar-refractivity contribution in [2.45, 2.75) is 26.0 Å². The average molecular weight is 219 g/mol. The van der Waals surface area contributed by atoms with E-state index in [0.717, 1.165) is 0 Å². The van der Waals surface area contributed by atoms with Crippen molar-refractivity contribution in [3.8, 4) is 0 Å². The van der Waals surface area contributed by atoms with Crippen LogP contribution in [-0.4, -0.2) is 50.6 Å². The number of aliphatic hydroxyl groups excluding tert-OH is 1. The van der Waals surface area contributed by atoms with E-state index >= 15 is 0 Å². The summed E-state index contributed by atoms with van der Waals surface area (Å²) in [5, 5.41) is 12.3. The number of aliphatic hydroxyl groups is 1. The zero-order valence-electron chi connectivity index (χ0n) is 9.82. The van der Waals surface area contributed by atoms with Crippen molar-refractivity contribution >= 4 is 5.97 Å². The van der Waals surface area contributed by atoms with Gasteiger partial charge in [0.15, 0.2) is 0 Å². The lowest BCUT2D eigenvalue weighted by atomic mass is 10.0. The maximum atomic E-state index is 11.3. The van der Waals surface area contributed by atoms with Crippen LogP contribution in [0.3, 0.4) is 0 Å². The number of hydrogen-bond acceptors (Lipinski definition) is 5. The number of ether oxygens (including phenoxy) is 2. The van der Waals surface area contributed by atoms with Crippen molar-refractivity contribution in [3.63, 3.8) is 0 Å². The van der Waals surface area contributed by atoms with E-state index in [9.17, 15) is 9.90 Å². The van der Waals surface area contributed by atoms with Crippen LogP contribution in [0.1, 0.15) is 13.8 Å². The SMILES string of the molecule is COCC(O)CNC(C(=O)OC)C(C)C. The molecule has 0 aromatic carbocycles. The first-order valence-corrected chi connectivity index (χ1v) is 5.01. The van der Waals surface area contributed by atoms with Gasteiger partial charge in [-0.2, -0.15) is 0 Å². The molecule has 0 spiro atoms. The van der Waals surface area contributed by atoms with Gasteiger partial charge in [-0.05, 0) is 5.92 Å². The highest BCUT2D eigenvalue weighted by molar-refractivity contribution is 5.75. The third kappa shape index (κ3) is 5.71. The predicted molar refractivity (Wildman–Crippen MR) is 56.5 cm³/mol. The molecular formula is C10H21NO4. The number of esters is 1. The minimum atomic E-state index is -0.610. The molecule has 0 aromatic rings. The zero-order valence-corrected chi connectivity index (χ0v) is 9.82. The average Bonchev–Trinajstić information content (AvgIpc) is 2.17. The molecule has 0 aliphatic carbocycles. The Labute approximate surface area is 90.8 Å². The van der Waals surface area contributed by atoms with E-state index in [2.05, 4.69) is 10.1 Å². The number of carbonyl (C=O) groups excluding carboxylic acids is 1. The number of nitrogens with one attached hydrogen (secondary N) is 1. The Kier molecular flexibility index (Phi) is 7.29. The maximum absolute atomic E-state index is 11.3. The Morgan fingerprint density at radius 3 is 2.40 bits per heavy atom. The first kappa shape index (κ1) is 14.3. The molecule has 0 bridgehead atoms. The highest BCUT2D eigenvalue weighted by atomic mass is 16.5. The molecular weight excluding hydrogens is 198 g/mol. The molecule has 2 atom stereocenters. The number of methoxy groups -OCH3 is 2. The van der Waals surface area contributed by atoms with Gasteiger partial charge >= 0.3 is 5.97 Å². The van der Waals surface area contributed by atoms with Gasteiger partial charge in [-0.3, -0.25) is 4.79 Å². The van der Waals surface area contributed by atoms with Crippen molar-refractivity contribution in [3.05, 3.63) is 0 Å². The zero-order chi connectivity index (χ0) is 11.8. The van der Waals surface area contributed by atoms with Crippen LogP contribution in [-0.2, 0) is 14.3 Å². The summed E-state index contributed by atoms with van der Waals surface area (Å²) in [6, 6.07) is -0.387. The third-order valence-corrected chi connectivity index (χ3v) is 2.05. The van der Waals surface area contributed by atoms with Gasteiger partial charge in [-0.25, -0.2) is 0 Å². The highest BCUT2D eigenvalue weighted by Crippen LogP contribution is 2.03. The van der Waals surface area contributed by atoms with Crippen LogP contribution in [0.2, 0.25) is 0 Å². The van der Waals surface area contributed by atoms with E-state index < -0.39 is 6.10 Å². The Morgan fingerprint density at radius 2 is 2.00 bits per heavy atom. The molecule has 2 N–H and O–H groups in total. The molecule has 90 valence electrons. The van der Waals surface area contributed by atoms with Crippen LogP contribution in [0.5, 0.6) is 0 Å². The molecule has 0 aliphatic rings. The molecule has 0 radical (unpaired) electrons. The molecule has 2 unspecified atom stereocenters. The van der Waals surface area contributed by atoms with Crippen LogP contribution in [0.4, 0.5) is 0 Å². The van der Waals surface area contributed by atoms with Crippen LogP contribution in [0, 0.1) is 5.92 Å². The molecule has 0 fully saturated rings. The van der Waals surface area contributed by atoms with Crippen LogP contribution in [0.25, 0.3) is 0 Å². The summed E-state index contributed by atoms with van der Waals surface area (Å²) in [6.45, 7) is 4.39. The summed E-state index contributed by atoms with van der Waals surface area (Å²) in [6.07, 6.45) is -0.610. The minimum Gasteiger partial charge on any atom is -0.468 e. The molecule has 0 aliphatic heterocycles. The lowest BCUT2D eigenvalue weighted by Gasteiger charge is -2.21. The largest absolute Gasteiger partial charge is 0.468 e. The molecule has 0 heterocycles. The number of rotatable bonds is 7. The second-order valence-corrected chi connectivity index (χ2v) is 3.76. The van der Waals surface area contributed by atoms with Gasteiger partial charge in [0.1, 0.15) is 6.04 Å². The predicted octanol–water partition coefficient (Wildman–Crippen LogP) is -0.219. The van der Waals surface area contributed by atoms with Crippen molar-refractivity contribution in [2.75, 3.05) is 27.4 Å². The summed E-state index contributed by atoms with van der Waals surface area (Å²) >= 11 is 0. The Bertz CT molecular complexity index is 184. The molecule has 0 rings (SSSR count). The third-order valence-electron chi connectivity index (χ3n) is 2.05. The Morgan fingerprint density at radius 1 is 1.40 bits per heavy atom. The van der Waals surface area contributed by atoms with E-state index in [0.29, 0.717) is 6.54 Å². The van der Waals surface area contributed by atoms with Crippen LogP contribution >= 0.6 is 0 Å². The normalized spacial score (nSPS) is 15.1.